The van der Waals surface area contributed by atoms with Gasteiger partial charge in [0.2, 0.25) is 0 Å². The van der Waals surface area contributed by atoms with Gasteiger partial charge in [-0.2, -0.15) is 0 Å². The van der Waals surface area contributed by atoms with Crippen LogP contribution >= 0.6 is 24.8 Å². The van der Waals surface area contributed by atoms with Gasteiger partial charge in [0.05, 0.1) is 5.92 Å². The quantitative estimate of drug-likeness (QED) is 0.722. The van der Waals surface area contributed by atoms with E-state index in [2.05, 4.69) is 11.8 Å². The molecule has 0 spiro atoms. The van der Waals surface area contributed by atoms with Crippen molar-refractivity contribution < 1.29 is 15.0 Å². The molecule has 1 aliphatic heterocycles. The van der Waals surface area contributed by atoms with Crippen molar-refractivity contribution >= 4 is 30.8 Å². The van der Waals surface area contributed by atoms with E-state index in [1.807, 2.05) is 0 Å². The van der Waals surface area contributed by atoms with Gasteiger partial charge in [-0.25, -0.2) is 0 Å². The standard InChI is InChI=1S/C13H25NO3.2ClH/c1-2-3-4-12(13(16)17)6-8-14-7-5-11(9-14)10-15;;/h11-12,15H,2-10H2,1H3,(H,16,17);2*1H/t11-,12?;;/m1../s1. The number of unbranched alkanes of at least 4 members (excludes halogenated alkanes) is 1. The third-order valence-electron chi connectivity index (χ3n) is 3.68. The van der Waals surface area contributed by atoms with Crippen molar-refractivity contribution in [1.82, 2.24) is 4.90 Å². The Labute approximate surface area is 128 Å². The average Bonchev–Trinajstić information content (AvgIpc) is 2.76. The summed E-state index contributed by atoms with van der Waals surface area (Å²) in [6.45, 7) is 5.14. The van der Waals surface area contributed by atoms with Crippen molar-refractivity contribution in [3.63, 3.8) is 0 Å². The second kappa shape index (κ2) is 11.8. The Morgan fingerprint density at radius 3 is 2.53 bits per heavy atom. The molecule has 2 atom stereocenters. The number of likely N-dealkylation sites (tertiary alicyclic amines) is 1. The molecule has 1 heterocycles. The molecule has 116 valence electrons. The Kier molecular flexibility index (Phi) is 13.2. The van der Waals surface area contributed by atoms with Gasteiger partial charge < -0.3 is 15.1 Å². The van der Waals surface area contributed by atoms with Crippen LogP contribution in [0, 0.1) is 11.8 Å². The molecule has 1 unspecified atom stereocenters. The molecule has 0 saturated carbocycles. The first-order chi connectivity index (χ1) is 8.17. The number of carboxylic acid groups (broad SMARTS) is 1. The fraction of sp³-hybridized carbons (Fsp3) is 0.923. The van der Waals surface area contributed by atoms with E-state index >= 15 is 0 Å². The van der Waals surface area contributed by atoms with Crippen LogP contribution in [0.3, 0.4) is 0 Å². The van der Waals surface area contributed by atoms with Gasteiger partial charge in [-0.05, 0) is 38.3 Å². The number of aliphatic hydroxyl groups excluding tert-OH is 1. The molecule has 0 aliphatic carbocycles. The van der Waals surface area contributed by atoms with Crippen LogP contribution in [0.4, 0.5) is 0 Å². The van der Waals surface area contributed by atoms with Crippen LogP contribution in [0.15, 0.2) is 0 Å². The van der Waals surface area contributed by atoms with Crippen molar-refractivity contribution in [3.8, 4) is 0 Å². The second-order valence-electron chi connectivity index (χ2n) is 5.10. The molecule has 0 aromatic rings. The topological polar surface area (TPSA) is 60.8 Å². The number of hydrogen-bond donors (Lipinski definition) is 2. The monoisotopic (exact) mass is 315 g/mol. The van der Waals surface area contributed by atoms with Crippen LogP contribution < -0.4 is 0 Å². The lowest BCUT2D eigenvalue weighted by molar-refractivity contribution is -0.142. The number of carboxylic acids is 1. The molecule has 2 N–H and O–H groups in total. The van der Waals surface area contributed by atoms with E-state index in [-0.39, 0.29) is 37.3 Å². The minimum atomic E-state index is -0.656. The Hall–Kier alpha value is -0.0300. The third kappa shape index (κ3) is 7.98. The van der Waals surface area contributed by atoms with E-state index in [0.717, 1.165) is 51.7 Å². The highest BCUT2D eigenvalue weighted by atomic mass is 35.5. The van der Waals surface area contributed by atoms with Crippen LogP contribution in [-0.4, -0.2) is 47.3 Å². The third-order valence-corrected chi connectivity index (χ3v) is 3.68. The van der Waals surface area contributed by atoms with E-state index in [1.165, 1.54) is 0 Å². The summed E-state index contributed by atoms with van der Waals surface area (Å²) >= 11 is 0. The van der Waals surface area contributed by atoms with Crippen LogP contribution in [0.1, 0.15) is 39.0 Å². The summed E-state index contributed by atoms with van der Waals surface area (Å²) in [7, 11) is 0. The lowest BCUT2D eigenvalue weighted by Gasteiger charge is -2.18. The number of hydrogen-bond acceptors (Lipinski definition) is 3. The molecule has 19 heavy (non-hydrogen) atoms. The smallest absolute Gasteiger partial charge is 0.306 e. The summed E-state index contributed by atoms with van der Waals surface area (Å²) in [4.78, 5) is 13.4. The summed E-state index contributed by atoms with van der Waals surface area (Å²) in [6.07, 6.45) is 4.64. The highest BCUT2D eigenvalue weighted by Crippen LogP contribution is 2.19. The minimum Gasteiger partial charge on any atom is -0.481 e. The molecule has 6 heteroatoms. The fourth-order valence-electron chi connectivity index (χ4n) is 2.45. The van der Waals surface area contributed by atoms with Crippen LogP contribution in [-0.2, 0) is 4.79 Å². The normalized spacial score (nSPS) is 20.4. The maximum absolute atomic E-state index is 11.1. The van der Waals surface area contributed by atoms with E-state index in [1.54, 1.807) is 0 Å². The molecule has 0 aromatic carbocycles. The first-order valence-electron chi connectivity index (χ1n) is 6.73. The van der Waals surface area contributed by atoms with Gasteiger partial charge in [0.25, 0.3) is 0 Å². The Bertz CT molecular complexity index is 242. The van der Waals surface area contributed by atoms with Crippen LogP contribution in [0.5, 0.6) is 0 Å². The minimum absolute atomic E-state index is 0. The number of carbonyl (C=O) groups is 1. The zero-order valence-corrected chi connectivity index (χ0v) is 13.2. The van der Waals surface area contributed by atoms with Crippen LogP contribution in [0.2, 0.25) is 0 Å². The van der Waals surface area contributed by atoms with Crippen molar-refractivity contribution in [3.05, 3.63) is 0 Å². The van der Waals surface area contributed by atoms with E-state index < -0.39 is 5.97 Å². The largest absolute Gasteiger partial charge is 0.481 e. The maximum Gasteiger partial charge on any atom is 0.306 e. The lowest BCUT2D eigenvalue weighted by atomic mass is 9.98. The lowest BCUT2D eigenvalue weighted by Crippen LogP contribution is -2.26. The number of aliphatic hydroxyl groups is 1. The zero-order chi connectivity index (χ0) is 12.7. The van der Waals surface area contributed by atoms with Gasteiger partial charge in [0.15, 0.2) is 0 Å². The molecule has 1 rings (SSSR count). The molecule has 1 aliphatic rings. The molecule has 0 aromatic heterocycles. The number of aliphatic carboxylic acids is 1. The molecule has 0 bridgehead atoms. The molecule has 1 fully saturated rings. The van der Waals surface area contributed by atoms with Gasteiger partial charge in [0.1, 0.15) is 0 Å². The van der Waals surface area contributed by atoms with Gasteiger partial charge >= 0.3 is 5.97 Å². The van der Waals surface area contributed by atoms with Crippen molar-refractivity contribution in [2.24, 2.45) is 11.8 Å². The van der Waals surface area contributed by atoms with Crippen LogP contribution in [0.25, 0.3) is 0 Å². The van der Waals surface area contributed by atoms with E-state index in [4.69, 9.17) is 10.2 Å². The van der Waals surface area contributed by atoms with Gasteiger partial charge in [0, 0.05) is 13.2 Å². The summed E-state index contributed by atoms with van der Waals surface area (Å²) in [5.74, 6) is -0.451. The fourth-order valence-corrected chi connectivity index (χ4v) is 2.45. The molecule has 1 saturated heterocycles. The zero-order valence-electron chi connectivity index (χ0n) is 11.6. The predicted molar refractivity (Wildman–Crippen MR) is 81.4 cm³/mol. The number of nitrogens with zero attached hydrogens (tertiary/aromatic N) is 1. The molecule has 0 radical (unpaired) electrons. The maximum atomic E-state index is 11.1. The highest BCUT2D eigenvalue weighted by molar-refractivity contribution is 5.85. The summed E-state index contributed by atoms with van der Waals surface area (Å²) in [6, 6.07) is 0. The summed E-state index contributed by atoms with van der Waals surface area (Å²) in [5.41, 5.74) is 0. The predicted octanol–water partition coefficient (Wildman–Crippen LogP) is 2.43. The first kappa shape index (κ1) is 21.3. The Balaban J connectivity index is 0. The summed E-state index contributed by atoms with van der Waals surface area (Å²) < 4.78 is 0. The second-order valence-corrected chi connectivity index (χ2v) is 5.10. The van der Waals surface area contributed by atoms with Crippen molar-refractivity contribution in [2.45, 2.75) is 39.0 Å². The van der Waals surface area contributed by atoms with E-state index in [9.17, 15) is 4.79 Å². The van der Waals surface area contributed by atoms with Crippen molar-refractivity contribution in [2.75, 3.05) is 26.2 Å². The average molecular weight is 316 g/mol. The molecular formula is C13H27Cl2NO3. The number of rotatable bonds is 8. The molecular weight excluding hydrogens is 289 g/mol. The van der Waals surface area contributed by atoms with Gasteiger partial charge in [-0.15, -0.1) is 24.8 Å². The SMILES string of the molecule is CCCCC(CCN1CC[C@@H](CO)C1)C(=O)O.Cl.Cl. The van der Waals surface area contributed by atoms with Gasteiger partial charge in [-0.3, -0.25) is 4.79 Å². The van der Waals surface area contributed by atoms with Crippen molar-refractivity contribution in [1.29, 1.82) is 0 Å². The van der Waals surface area contributed by atoms with E-state index in [0.29, 0.717) is 5.92 Å². The Morgan fingerprint density at radius 2 is 2.05 bits per heavy atom. The Morgan fingerprint density at radius 1 is 1.37 bits per heavy atom. The number of halogens is 2. The molecule has 0 amide bonds. The summed E-state index contributed by atoms with van der Waals surface area (Å²) in [5, 5.41) is 18.2. The first-order valence-corrected chi connectivity index (χ1v) is 6.73. The highest BCUT2D eigenvalue weighted by Gasteiger charge is 2.23. The molecule has 4 nitrogen and oxygen atoms in total. The van der Waals surface area contributed by atoms with Gasteiger partial charge in [-0.1, -0.05) is 19.8 Å².